The number of carbonyl (C=O) groups excluding carboxylic acids is 2. The summed E-state index contributed by atoms with van der Waals surface area (Å²) in [5, 5.41) is 4.24. The summed E-state index contributed by atoms with van der Waals surface area (Å²) in [7, 11) is 0. The lowest BCUT2D eigenvalue weighted by Gasteiger charge is -2.08. The molecule has 7 nitrogen and oxygen atoms in total. The minimum absolute atomic E-state index is 0.196. The predicted molar refractivity (Wildman–Crippen MR) is 141 cm³/mol. The first-order valence-corrected chi connectivity index (χ1v) is 11.7. The maximum absolute atomic E-state index is 12.2. The molecule has 4 aromatic carbocycles. The van der Waals surface area contributed by atoms with Gasteiger partial charge in [0.15, 0.2) is 6.61 Å². The lowest BCUT2D eigenvalue weighted by atomic mass is 10.2. The van der Waals surface area contributed by atoms with Crippen LogP contribution in [0.25, 0.3) is 0 Å². The number of amides is 1. The zero-order chi connectivity index (χ0) is 25.9. The fourth-order valence-electron chi connectivity index (χ4n) is 3.14. The number of rotatable bonds is 10. The summed E-state index contributed by atoms with van der Waals surface area (Å²) >= 11 is 6.02. The molecule has 0 saturated carbocycles. The average molecular weight is 515 g/mol. The van der Waals surface area contributed by atoms with E-state index in [0.29, 0.717) is 34.4 Å². The van der Waals surface area contributed by atoms with Gasteiger partial charge in [0.2, 0.25) is 0 Å². The Bertz CT molecular complexity index is 1360. The minimum atomic E-state index is -0.548. The van der Waals surface area contributed by atoms with E-state index in [-0.39, 0.29) is 12.2 Å². The molecule has 0 bridgehead atoms. The fourth-order valence-corrected chi connectivity index (χ4v) is 3.36. The number of hydrogen-bond donors (Lipinski definition) is 1. The molecule has 0 spiro atoms. The van der Waals surface area contributed by atoms with E-state index in [9.17, 15) is 9.59 Å². The largest absolute Gasteiger partial charge is 0.489 e. The van der Waals surface area contributed by atoms with E-state index in [1.54, 1.807) is 72.8 Å². The van der Waals surface area contributed by atoms with Crippen LogP contribution in [0.15, 0.2) is 108 Å². The molecule has 0 aliphatic carbocycles. The van der Waals surface area contributed by atoms with Crippen molar-refractivity contribution in [2.75, 3.05) is 6.61 Å². The maximum Gasteiger partial charge on any atom is 0.345 e. The summed E-state index contributed by atoms with van der Waals surface area (Å²) in [6.07, 6.45) is 1.47. The lowest BCUT2D eigenvalue weighted by molar-refractivity contribution is -0.123. The second-order valence-electron chi connectivity index (χ2n) is 7.77. The van der Waals surface area contributed by atoms with Crippen LogP contribution in [0, 0.1) is 0 Å². The van der Waals surface area contributed by atoms with Crippen LogP contribution in [-0.2, 0) is 11.4 Å². The van der Waals surface area contributed by atoms with Gasteiger partial charge < -0.3 is 14.2 Å². The van der Waals surface area contributed by atoms with Gasteiger partial charge in [-0.3, -0.25) is 4.79 Å². The number of ether oxygens (including phenoxy) is 3. The molecule has 0 fully saturated rings. The van der Waals surface area contributed by atoms with E-state index in [4.69, 9.17) is 25.8 Å². The number of hydrogen-bond acceptors (Lipinski definition) is 6. The van der Waals surface area contributed by atoms with Crippen molar-refractivity contribution in [3.63, 3.8) is 0 Å². The molecule has 186 valence electrons. The van der Waals surface area contributed by atoms with Gasteiger partial charge in [-0.15, -0.1) is 0 Å². The number of carbonyl (C=O) groups is 2. The number of nitrogens with one attached hydrogen (secondary N) is 1. The topological polar surface area (TPSA) is 86.2 Å². The molecular weight excluding hydrogens is 492 g/mol. The highest BCUT2D eigenvalue weighted by Crippen LogP contribution is 2.20. The SMILES string of the molecule is O=C(COc1ccc(OCc2ccccc2)cc1)NN=Cc1ccc(OC(=O)c2ccccc2Cl)cc1. The number of benzene rings is 4. The van der Waals surface area contributed by atoms with Crippen molar-refractivity contribution in [3.8, 4) is 17.2 Å². The molecule has 0 aliphatic rings. The summed E-state index contributed by atoms with van der Waals surface area (Å²) in [4.78, 5) is 24.3. The van der Waals surface area contributed by atoms with E-state index >= 15 is 0 Å². The fraction of sp³-hybridized carbons (Fsp3) is 0.0690. The van der Waals surface area contributed by atoms with Gasteiger partial charge in [-0.25, -0.2) is 10.2 Å². The smallest absolute Gasteiger partial charge is 0.345 e. The predicted octanol–water partition coefficient (Wildman–Crippen LogP) is 5.67. The van der Waals surface area contributed by atoms with Gasteiger partial charge in [0.1, 0.15) is 23.9 Å². The molecule has 1 N–H and O–H groups in total. The molecule has 4 rings (SSSR count). The van der Waals surface area contributed by atoms with Crippen molar-refractivity contribution >= 4 is 29.7 Å². The Labute approximate surface area is 219 Å². The Morgan fingerprint density at radius 1 is 0.757 bits per heavy atom. The zero-order valence-corrected chi connectivity index (χ0v) is 20.4. The Hall–Kier alpha value is -4.62. The first kappa shape index (κ1) is 25.5. The molecule has 0 aliphatic heterocycles. The highest BCUT2D eigenvalue weighted by molar-refractivity contribution is 6.33. The first-order chi connectivity index (χ1) is 18.1. The third-order valence-corrected chi connectivity index (χ3v) is 5.36. The van der Waals surface area contributed by atoms with Crippen LogP contribution < -0.4 is 19.6 Å². The van der Waals surface area contributed by atoms with E-state index in [0.717, 1.165) is 5.56 Å². The summed E-state index contributed by atoms with van der Waals surface area (Å²) < 4.78 is 16.6. The molecule has 1 amide bonds. The van der Waals surface area contributed by atoms with Crippen molar-refractivity contribution in [1.29, 1.82) is 0 Å². The second-order valence-corrected chi connectivity index (χ2v) is 8.17. The van der Waals surface area contributed by atoms with Crippen LogP contribution in [0.1, 0.15) is 21.5 Å². The summed E-state index contributed by atoms with van der Waals surface area (Å²) in [5.74, 6) is 0.638. The van der Waals surface area contributed by atoms with Gasteiger partial charge >= 0.3 is 5.97 Å². The highest BCUT2D eigenvalue weighted by atomic mass is 35.5. The third-order valence-electron chi connectivity index (χ3n) is 5.03. The first-order valence-electron chi connectivity index (χ1n) is 11.3. The normalized spacial score (nSPS) is 10.6. The van der Waals surface area contributed by atoms with Crippen LogP contribution in [0.5, 0.6) is 17.2 Å². The Balaban J connectivity index is 1.18. The van der Waals surface area contributed by atoms with Crippen LogP contribution in [0.3, 0.4) is 0 Å². The molecule has 0 saturated heterocycles. The van der Waals surface area contributed by atoms with E-state index < -0.39 is 11.9 Å². The van der Waals surface area contributed by atoms with E-state index in [1.165, 1.54) is 6.21 Å². The Morgan fingerprint density at radius 3 is 2.08 bits per heavy atom. The lowest BCUT2D eigenvalue weighted by Crippen LogP contribution is -2.24. The Morgan fingerprint density at radius 2 is 1.38 bits per heavy atom. The molecule has 4 aromatic rings. The minimum Gasteiger partial charge on any atom is -0.489 e. The summed E-state index contributed by atoms with van der Waals surface area (Å²) in [6, 6.07) is 30.2. The summed E-state index contributed by atoms with van der Waals surface area (Å²) in [6.45, 7) is 0.274. The molecule has 0 heterocycles. The van der Waals surface area contributed by atoms with Gasteiger partial charge in [0.25, 0.3) is 5.91 Å². The molecule has 0 atom stereocenters. The van der Waals surface area contributed by atoms with Crippen molar-refractivity contribution in [3.05, 3.63) is 125 Å². The van der Waals surface area contributed by atoms with Crippen LogP contribution in [0.2, 0.25) is 5.02 Å². The molecule has 8 heteroatoms. The van der Waals surface area contributed by atoms with Crippen molar-refractivity contribution in [2.24, 2.45) is 5.10 Å². The average Bonchev–Trinajstić information content (AvgIpc) is 2.93. The van der Waals surface area contributed by atoms with Crippen LogP contribution in [0.4, 0.5) is 0 Å². The molecular formula is C29H23ClN2O5. The van der Waals surface area contributed by atoms with Gasteiger partial charge in [-0.1, -0.05) is 54.1 Å². The van der Waals surface area contributed by atoms with Gasteiger partial charge in [-0.05, 0) is 71.8 Å². The molecule has 0 radical (unpaired) electrons. The highest BCUT2D eigenvalue weighted by Gasteiger charge is 2.12. The third kappa shape index (κ3) is 7.95. The number of hydrazone groups is 1. The molecule has 0 unspecified atom stereocenters. The van der Waals surface area contributed by atoms with Gasteiger partial charge in [0.05, 0.1) is 16.8 Å². The quantitative estimate of drug-likeness (QED) is 0.128. The van der Waals surface area contributed by atoms with Gasteiger partial charge in [-0.2, -0.15) is 5.10 Å². The van der Waals surface area contributed by atoms with Crippen molar-refractivity contribution in [1.82, 2.24) is 5.43 Å². The van der Waals surface area contributed by atoms with E-state index in [2.05, 4.69) is 10.5 Å². The summed E-state index contributed by atoms with van der Waals surface area (Å²) in [5.41, 5.74) is 4.47. The Kier molecular flexibility index (Phi) is 8.88. The standard InChI is InChI=1S/C29H23ClN2O5/c30-27-9-5-4-8-26(27)29(34)37-25-12-10-21(11-13-25)18-31-32-28(33)20-36-24-16-14-23(15-17-24)35-19-22-6-2-1-3-7-22/h1-18H,19-20H2,(H,32,33). The zero-order valence-electron chi connectivity index (χ0n) is 19.7. The number of nitrogens with zero attached hydrogens (tertiary/aromatic N) is 1. The van der Waals surface area contributed by atoms with Crippen LogP contribution >= 0.6 is 11.6 Å². The van der Waals surface area contributed by atoms with Gasteiger partial charge in [0, 0.05) is 0 Å². The van der Waals surface area contributed by atoms with Crippen LogP contribution in [-0.4, -0.2) is 24.7 Å². The monoisotopic (exact) mass is 514 g/mol. The van der Waals surface area contributed by atoms with E-state index in [1.807, 2.05) is 30.3 Å². The maximum atomic E-state index is 12.2. The second kappa shape index (κ2) is 12.9. The molecule has 37 heavy (non-hydrogen) atoms. The van der Waals surface area contributed by atoms with Crippen molar-refractivity contribution < 1.29 is 23.8 Å². The van der Waals surface area contributed by atoms with Crippen molar-refractivity contribution in [2.45, 2.75) is 6.61 Å². The number of esters is 1. The number of halogens is 1. The molecule has 0 aromatic heterocycles.